The Labute approximate surface area is 333 Å². The van der Waals surface area contributed by atoms with E-state index >= 15 is 0 Å². The molecule has 57 heavy (non-hydrogen) atoms. The van der Waals surface area contributed by atoms with Crippen molar-refractivity contribution in [3.8, 4) is 22.3 Å². The third-order valence-corrected chi connectivity index (χ3v) is 11.2. The number of nitrogens with zero attached hydrogens (tertiary/aromatic N) is 1. The van der Waals surface area contributed by atoms with Crippen LogP contribution in [-0.2, 0) is 5.41 Å². The smallest absolute Gasteiger partial charge is 0.143 e. The van der Waals surface area contributed by atoms with E-state index in [2.05, 4.69) is 241 Å². The van der Waals surface area contributed by atoms with Crippen molar-refractivity contribution in [2.45, 2.75) is 5.41 Å². The summed E-state index contributed by atoms with van der Waals surface area (Å²) in [7, 11) is 0. The first-order valence-corrected chi connectivity index (χ1v) is 19.5. The van der Waals surface area contributed by atoms with Crippen LogP contribution in [0.5, 0.6) is 0 Å². The summed E-state index contributed by atoms with van der Waals surface area (Å²) in [5, 5.41) is 2.21. The third kappa shape index (κ3) is 6.00. The maximum atomic E-state index is 7.15. The normalized spacial score (nSPS) is 11.5. The molecule has 0 radical (unpaired) electrons. The fraction of sp³-hybridized carbons (Fsp3) is 0.0182. The summed E-state index contributed by atoms with van der Waals surface area (Å²) in [5.74, 6) is 0. The Balaban J connectivity index is 1.19. The van der Waals surface area contributed by atoms with Crippen molar-refractivity contribution in [1.29, 1.82) is 0 Å². The molecule has 0 aliphatic heterocycles. The Morgan fingerprint density at radius 2 is 0.719 bits per heavy atom. The first-order valence-electron chi connectivity index (χ1n) is 19.5. The number of fused-ring (bicyclic) bond motifs is 3. The molecule has 1 aromatic heterocycles. The van der Waals surface area contributed by atoms with Crippen LogP contribution < -0.4 is 4.90 Å². The van der Waals surface area contributed by atoms with E-state index < -0.39 is 5.41 Å². The second-order valence-electron chi connectivity index (χ2n) is 14.4. The van der Waals surface area contributed by atoms with Gasteiger partial charge in [-0.05, 0) is 69.8 Å². The fourth-order valence-corrected chi connectivity index (χ4v) is 8.62. The topological polar surface area (TPSA) is 16.4 Å². The van der Waals surface area contributed by atoms with E-state index in [1.165, 1.54) is 11.1 Å². The van der Waals surface area contributed by atoms with Crippen molar-refractivity contribution in [2.24, 2.45) is 0 Å². The van der Waals surface area contributed by atoms with Crippen molar-refractivity contribution < 1.29 is 4.42 Å². The molecule has 0 unspecified atom stereocenters. The van der Waals surface area contributed by atoms with Gasteiger partial charge in [0.25, 0.3) is 0 Å². The van der Waals surface area contributed by atoms with Crippen molar-refractivity contribution >= 4 is 39.0 Å². The molecule has 10 rings (SSSR count). The summed E-state index contributed by atoms with van der Waals surface area (Å²) in [4.78, 5) is 2.33. The maximum Gasteiger partial charge on any atom is 0.143 e. The molecule has 10 aromatic rings. The Bertz CT molecular complexity index is 2860. The third-order valence-electron chi connectivity index (χ3n) is 11.2. The number of benzene rings is 9. The molecule has 0 spiro atoms. The molecule has 0 saturated carbocycles. The summed E-state index contributed by atoms with van der Waals surface area (Å²) < 4.78 is 7.15. The Morgan fingerprint density at radius 1 is 0.298 bits per heavy atom. The van der Waals surface area contributed by atoms with Crippen LogP contribution in [0, 0.1) is 0 Å². The van der Waals surface area contributed by atoms with Crippen LogP contribution in [-0.4, -0.2) is 0 Å². The van der Waals surface area contributed by atoms with Crippen LogP contribution in [0.1, 0.15) is 22.3 Å². The standard InChI is InChI=1S/C55H39NO/c1-6-18-40(19-7-1)41-32-36-47(37-33-41)56(46-26-14-5-15-27-46)48-38-34-45(35-39-48)55(43-22-10-3-11-23-43,44-24-12-4-13-25-44)52-31-17-30-51-50-29-16-28-49(53(50)57-54(51)52)42-20-8-2-9-21-42/h1-39H. The Kier molecular flexibility index (Phi) is 8.78. The first kappa shape index (κ1) is 34.1. The highest BCUT2D eigenvalue weighted by atomic mass is 16.3. The molecule has 0 aliphatic rings. The van der Waals surface area contributed by atoms with Gasteiger partial charge in [0.05, 0.1) is 5.41 Å². The molecule has 0 amide bonds. The molecular weight excluding hydrogens is 691 g/mol. The molecule has 0 fully saturated rings. The SMILES string of the molecule is c1ccc(-c2ccc(N(c3ccccc3)c3ccc(C(c4ccccc4)(c4ccccc4)c4cccc5c4oc4c(-c6ccccc6)cccc45)cc3)cc2)cc1. The zero-order chi connectivity index (χ0) is 38.0. The minimum Gasteiger partial charge on any atom is -0.455 e. The molecule has 1 heterocycles. The summed E-state index contributed by atoms with van der Waals surface area (Å²) in [6.07, 6.45) is 0. The van der Waals surface area contributed by atoms with Crippen LogP contribution in [0.4, 0.5) is 17.1 Å². The second-order valence-corrected chi connectivity index (χ2v) is 14.4. The lowest BCUT2D eigenvalue weighted by Gasteiger charge is -2.37. The molecule has 0 atom stereocenters. The van der Waals surface area contributed by atoms with Gasteiger partial charge in [-0.25, -0.2) is 0 Å². The summed E-state index contributed by atoms with van der Waals surface area (Å²) in [5.41, 5.74) is 13.5. The second kappa shape index (κ2) is 14.7. The van der Waals surface area contributed by atoms with Crippen LogP contribution in [0.25, 0.3) is 44.2 Å². The average molecular weight is 730 g/mol. The molecule has 270 valence electrons. The van der Waals surface area contributed by atoms with E-state index in [0.29, 0.717) is 0 Å². The molecular formula is C55H39NO. The van der Waals surface area contributed by atoms with Gasteiger partial charge >= 0.3 is 0 Å². The molecule has 0 aliphatic carbocycles. The van der Waals surface area contributed by atoms with E-state index in [9.17, 15) is 0 Å². The Hall–Kier alpha value is -7.42. The minimum absolute atomic E-state index is 0.712. The van der Waals surface area contributed by atoms with Crippen LogP contribution in [0.15, 0.2) is 241 Å². The Morgan fingerprint density at radius 3 is 1.30 bits per heavy atom. The lowest BCUT2D eigenvalue weighted by Crippen LogP contribution is -2.31. The average Bonchev–Trinajstić information content (AvgIpc) is 3.69. The highest BCUT2D eigenvalue weighted by molar-refractivity contribution is 6.11. The van der Waals surface area contributed by atoms with E-state index in [1.807, 2.05) is 0 Å². The van der Waals surface area contributed by atoms with E-state index in [4.69, 9.17) is 4.42 Å². The molecule has 0 bridgehead atoms. The van der Waals surface area contributed by atoms with Crippen molar-refractivity contribution in [1.82, 2.24) is 0 Å². The number of hydrogen-bond acceptors (Lipinski definition) is 2. The van der Waals surface area contributed by atoms with E-state index in [1.54, 1.807) is 0 Å². The molecule has 0 saturated heterocycles. The monoisotopic (exact) mass is 729 g/mol. The van der Waals surface area contributed by atoms with Crippen molar-refractivity contribution in [3.05, 3.63) is 259 Å². The predicted molar refractivity (Wildman–Crippen MR) is 238 cm³/mol. The summed E-state index contributed by atoms with van der Waals surface area (Å²) in [6, 6.07) is 84.6. The van der Waals surface area contributed by atoms with Gasteiger partial charge in [-0.1, -0.05) is 200 Å². The van der Waals surface area contributed by atoms with Crippen LogP contribution in [0.2, 0.25) is 0 Å². The number of furan rings is 1. The van der Waals surface area contributed by atoms with Gasteiger partial charge in [0.1, 0.15) is 11.2 Å². The summed E-state index contributed by atoms with van der Waals surface area (Å²) >= 11 is 0. The largest absolute Gasteiger partial charge is 0.455 e. The molecule has 9 aromatic carbocycles. The van der Waals surface area contributed by atoms with Gasteiger partial charge in [0.2, 0.25) is 0 Å². The quantitative estimate of drug-likeness (QED) is 0.138. The first-order chi connectivity index (χ1) is 28.3. The van der Waals surface area contributed by atoms with Gasteiger partial charge in [0.15, 0.2) is 0 Å². The number of hydrogen-bond donors (Lipinski definition) is 0. The van der Waals surface area contributed by atoms with E-state index in [-0.39, 0.29) is 0 Å². The van der Waals surface area contributed by atoms with Gasteiger partial charge in [0, 0.05) is 39.0 Å². The lowest BCUT2D eigenvalue weighted by atomic mass is 9.65. The highest BCUT2D eigenvalue weighted by Gasteiger charge is 2.41. The molecule has 2 heteroatoms. The van der Waals surface area contributed by atoms with Gasteiger partial charge < -0.3 is 9.32 Å². The molecule has 2 nitrogen and oxygen atoms in total. The van der Waals surface area contributed by atoms with Gasteiger partial charge in [-0.2, -0.15) is 0 Å². The van der Waals surface area contributed by atoms with E-state index in [0.717, 1.165) is 72.4 Å². The van der Waals surface area contributed by atoms with Crippen molar-refractivity contribution in [2.75, 3.05) is 4.90 Å². The fourth-order valence-electron chi connectivity index (χ4n) is 8.62. The van der Waals surface area contributed by atoms with Gasteiger partial charge in [-0.3, -0.25) is 0 Å². The highest BCUT2D eigenvalue weighted by Crippen LogP contribution is 2.50. The maximum absolute atomic E-state index is 7.15. The minimum atomic E-state index is -0.712. The number of rotatable bonds is 9. The summed E-state index contributed by atoms with van der Waals surface area (Å²) in [6.45, 7) is 0. The number of para-hydroxylation sites is 3. The zero-order valence-electron chi connectivity index (χ0n) is 31.4. The van der Waals surface area contributed by atoms with Crippen molar-refractivity contribution in [3.63, 3.8) is 0 Å². The van der Waals surface area contributed by atoms with Crippen LogP contribution >= 0.6 is 0 Å². The lowest BCUT2D eigenvalue weighted by molar-refractivity contribution is 0.646. The number of anilines is 3. The molecule has 0 N–H and O–H groups in total. The van der Waals surface area contributed by atoms with Gasteiger partial charge in [-0.15, -0.1) is 0 Å². The zero-order valence-corrected chi connectivity index (χ0v) is 31.4. The van der Waals surface area contributed by atoms with Crippen LogP contribution in [0.3, 0.4) is 0 Å². The predicted octanol–water partition coefficient (Wildman–Crippen LogP) is 14.8.